The number of pyridine rings is 1. The van der Waals surface area contributed by atoms with Crippen molar-refractivity contribution in [2.24, 2.45) is 5.73 Å². The zero-order valence-electron chi connectivity index (χ0n) is 8.34. The minimum Gasteiger partial charge on any atom is -0.465 e. The molecule has 0 aromatic carbocycles. The van der Waals surface area contributed by atoms with Crippen molar-refractivity contribution in [2.45, 2.75) is 13.0 Å². The van der Waals surface area contributed by atoms with Crippen molar-refractivity contribution in [1.29, 1.82) is 0 Å². The van der Waals surface area contributed by atoms with Gasteiger partial charge in [0.05, 0.1) is 7.11 Å². The van der Waals surface area contributed by atoms with E-state index in [-0.39, 0.29) is 0 Å². The second-order valence-electron chi connectivity index (χ2n) is 2.85. The lowest BCUT2D eigenvalue weighted by molar-refractivity contribution is 0.0593. The third kappa shape index (κ3) is 2.13. The normalized spacial score (nSPS) is 10.6. The highest BCUT2D eigenvalue weighted by Gasteiger charge is 2.23. The van der Waals surface area contributed by atoms with Crippen molar-refractivity contribution in [3.05, 3.63) is 28.8 Å². The second-order valence-corrected chi connectivity index (χ2v) is 2.85. The Morgan fingerprint density at radius 1 is 1.62 bits per heavy atom. The second kappa shape index (κ2) is 4.93. The number of rotatable bonds is 3. The Morgan fingerprint density at radius 3 is 2.69 bits per heavy atom. The molecule has 0 aliphatic heterocycles. The molecule has 1 heterocycles. The van der Waals surface area contributed by atoms with Crippen molar-refractivity contribution in [1.82, 2.24) is 4.98 Å². The fourth-order valence-electron chi connectivity index (χ4n) is 1.18. The highest BCUT2D eigenvalue weighted by Crippen LogP contribution is 2.24. The molecule has 0 atom stereocenters. The highest BCUT2D eigenvalue weighted by atomic mass is 19.3. The average Bonchev–Trinajstić information content (AvgIpc) is 2.27. The van der Waals surface area contributed by atoms with Crippen LogP contribution in [0.3, 0.4) is 0 Å². The Morgan fingerprint density at radius 2 is 2.25 bits per heavy atom. The van der Waals surface area contributed by atoms with E-state index < -0.39 is 41.6 Å². The van der Waals surface area contributed by atoms with Gasteiger partial charge in [0.1, 0.15) is 17.1 Å². The first-order valence-corrected chi connectivity index (χ1v) is 4.26. The molecule has 0 radical (unpaired) electrons. The highest BCUT2D eigenvalue weighted by molar-refractivity contribution is 5.89. The molecule has 0 saturated carbocycles. The van der Waals surface area contributed by atoms with E-state index in [1.807, 2.05) is 0 Å². The van der Waals surface area contributed by atoms with Crippen LogP contribution in [0.5, 0.6) is 0 Å². The van der Waals surface area contributed by atoms with Crippen molar-refractivity contribution in [3.8, 4) is 0 Å². The van der Waals surface area contributed by atoms with Gasteiger partial charge in [0.15, 0.2) is 0 Å². The zero-order chi connectivity index (χ0) is 12.3. The van der Waals surface area contributed by atoms with E-state index >= 15 is 0 Å². The standard InChI is InChI=1S/C9H9F3N2O2/c1-16-9(15)5-3-14-7(8(11)12)4(2-13)6(5)10/h3,8H,2,13H2,1H3. The quantitative estimate of drug-likeness (QED) is 0.803. The van der Waals surface area contributed by atoms with Gasteiger partial charge in [-0.25, -0.2) is 18.0 Å². The molecule has 0 aliphatic carbocycles. The third-order valence-corrected chi connectivity index (χ3v) is 1.96. The number of esters is 1. The minimum absolute atomic E-state index is 0.469. The summed E-state index contributed by atoms with van der Waals surface area (Å²) in [5.41, 5.74) is 3.40. The molecule has 1 aromatic rings. The van der Waals surface area contributed by atoms with E-state index in [0.29, 0.717) is 6.20 Å². The summed E-state index contributed by atoms with van der Waals surface area (Å²) in [5.74, 6) is -2.10. The first-order chi connectivity index (χ1) is 7.52. The number of nitrogens with zero attached hydrogens (tertiary/aromatic N) is 1. The predicted molar refractivity (Wildman–Crippen MR) is 48.4 cm³/mol. The Kier molecular flexibility index (Phi) is 3.83. The van der Waals surface area contributed by atoms with Crippen LogP contribution in [-0.2, 0) is 11.3 Å². The van der Waals surface area contributed by atoms with E-state index in [0.717, 1.165) is 7.11 Å². The minimum atomic E-state index is -2.94. The van der Waals surface area contributed by atoms with Gasteiger partial charge in [-0.2, -0.15) is 0 Å². The van der Waals surface area contributed by atoms with Crippen LogP contribution in [0.4, 0.5) is 13.2 Å². The number of ether oxygens (including phenoxy) is 1. The lowest BCUT2D eigenvalue weighted by Gasteiger charge is -2.09. The van der Waals surface area contributed by atoms with Gasteiger partial charge in [0, 0.05) is 18.3 Å². The number of nitrogens with two attached hydrogens (primary N) is 1. The molecule has 0 bridgehead atoms. The molecule has 1 rings (SSSR count). The SMILES string of the molecule is COC(=O)c1cnc(C(F)F)c(CN)c1F. The fraction of sp³-hybridized carbons (Fsp3) is 0.333. The molecule has 1 aromatic heterocycles. The predicted octanol–water partition coefficient (Wildman–Crippen LogP) is 1.40. The molecule has 0 aliphatic rings. The summed E-state index contributed by atoms with van der Waals surface area (Å²) < 4.78 is 42.7. The summed E-state index contributed by atoms with van der Waals surface area (Å²) in [5, 5.41) is 0. The van der Waals surface area contributed by atoms with Crippen LogP contribution in [0.15, 0.2) is 6.20 Å². The molecular weight excluding hydrogens is 225 g/mol. The fourth-order valence-corrected chi connectivity index (χ4v) is 1.18. The van der Waals surface area contributed by atoms with E-state index in [2.05, 4.69) is 9.72 Å². The third-order valence-electron chi connectivity index (χ3n) is 1.96. The number of aromatic nitrogens is 1. The number of hydrogen-bond donors (Lipinski definition) is 1. The maximum Gasteiger partial charge on any atom is 0.342 e. The molecule has 4 nitrogen and oxygen atoms in total. The molecular formula is C9H9F3N2O2. The van der Waals surface area contributed by atoms with Gasteiger partial charge in [0.2, 0.25) is 0 Å². The van der Waals surface area contributed by atoms with Gasteiger partial charge < -0.3 is 10.5 Å². The maximum atomic E-state index is 13.6. The monoisotopic (exact) mass is 234 g/mol. The van der Waals surface area contributed by atoms with E-state index in [9.17, 15) is 18.0 Å². The van der Waals surface area contributed by atoms with Gasteiger partial charge in [-0.3, -0.25) is 4.98 Å². The molecule has 0 unspecified atom stereocenters. The number of alkyl halides is 2. The van der Waals surface area contributed by atoms with Crippen molar-refractivity contribution >= 4 is 5.97 Å². The van der Waals surface area contributed by atoms with Gasteiger partial charge in [-0.15, -0.1) is 0 Å². The van der Waals surface area contributed by atoms with Crippen LogP contribution in [0.1, 0.15) is 28.0 Å². The van der Waals surface area contributed by atoms with E-state index in [1.165, 1.54) is 0 Å². The summed E-state index contributed by atoms with van der Waals surface area (Å²) in [6, 6.07) is 0. The topological polar surface area (TPSA) is 65.2 Å². The summed E-state index contributed by atoms with van der Waals surface area (Å²) in [7, 11) is 1.05. The summed E-state index contributed by atoms with van der Waals surface area (Å²) in [4.78, 5) is 14.4. The number of hydrogen-bond acceptors (Lipinski definition) is 4. The first-order valence-electron chi connectivity index (χ1n) is 4.26. The van der Waals surface area contributed by atoms with Crippen LogP contribution in [0, 0.1) is 5.82 Å². The average molecular weight is 234 g/mol. The molecule has 88 valence electrons. The Labute approximate surface area is 89.2 Å². The Bertz CT molecular complexity index is 410. The number of methoxy groups -OCH3 is 1. The van der Waals surface area contributed by atoms with Gasteiger partial charge >= 0.3 is 5.97 Å². The lowest BCUT2D eigenvalue weighted by Crippen LogP contribution is -2.13. The van der Waals surface area contributed by atoms with Crippen LogP contribution in [-0.4, -0.2) is 18.1 Å². The molecule has 0 fully saturated rings. The molecule has 0 amide bonds. The number of carbonyl (C=O) groups is 1. The van der Waals surface area contributed by atoms with Crippen molar-refractivity contribution in [3.63, 3.8) is 0 Å². The smallest absolute Gasteiger partial charge is 0.342 e. The molecule has 0 spiro atoms. The number of halogens is 3. The van der Waals surface area contributed by atoms with Gasteiger partial charge in [-0.1, -0.05) is 0 Å². The molecule has 7 heteroatoms. The van der Waals surface area contributed by atoms with Crippen LogP contribution in [0.2, 0.25) is 0 Å². The number of carbonyl (C=O) groups excluding carboxylic acids is 1. The maximum absolute atomic E-state index is 13.6. The molecule has 16 heavy (non-hydrogen) atoms. The van der Waals surface area contributed by atoms with Gasteiger partial charge in [0.25, 0.3) is 6.43 Å². The van der Waals surface area contributed by atoms with E-state index in [1.54, 1.807) is 0 Å². The Balaban J connectivity index is 3.34. The Hall–Kier alpha value is -1.63. The van der Waals surface area contributed by atoms with Gasteiger partial charge in [-0.05, 0) is 0 Å². The zero-order valence-corrected chi connectivity index (χ0v) is 8.34. The van der Waals surface area contributed by atoms with Crippen LogP contribution in [0.25, 0.3) is 0 Å². The first kappa shape index (κ1) is 12.4. The molecule has 0 saturated heterocycles. The summed E-state index contributed by atoms with van der Waals surface area (Å²) >= 11 is 0. The summed E-state index contributed by atoms with van der Waals surface area (Å²) in [6.07, 6.45) is -2.23. The largest absolute Gasteiger partial charge is 0.465 e. The van der Waals surface area contributed by atoms with Crippen molar-refractivity contribution in [2.75, 3.05) is 7.11 Å². The summed E-state index contributed by atoms with van der Waals surface area (Å²) in [6.45, 7) is -0.469. The van der Waals surface area contributed by atoms with E-state index in [4.69, 9.17) is 5.73 Å². The van der Waals surface area contributed by atoms with Crippen LogP contribution >= 0.6 is 0 Å². The van der Waals surface area contributed by atoms with Crippen molar-refractivity contribution < 1.29 is 22.7 Å². The lowest BCUT2D eigenvalue weighted by atomic mass is 10.1. The van der Waals surface area contributed by atoms with Crippen LogP contribution < -0.4 is 5.73 Å². The molecule has 2 N–H and O–H groups in total.